The van der Waals surface area contributed by atoms with E-state index in [9.17, 15) is 35.9 Å². The molecule has 2 fully saturated rings. The zero-order chi connectivity index (χ0) is 33.4. The molecule has 0 saturated carbocycles. The zero-order valence-corrected chi connectivity index (χ0v) is 25.5. The van der Waals surface area contributed by atoms with Crippen LogP contribution in [0.25, 0.3) is 11.1 Å². The van der Waals surface area contributed by atoms with Gasteiger partial charge in [-0.2, -0.15) is 31.4 Å². The van der Waals surface area contributed by atoms with Gasteiger partial charge in [-0.3, -0.25) is 9.48 Å². The van der Waals surface area contributed by atoms with Crippen LogP contribution in [-0.2, 0) is 30.7 Å². The minimum Gasteiger partial charge on any atom is -0.339 e. The molecule has 5 rings (SSSR count). The van der Waals surface area contributed by atoms with E-state index in [1.807, 2.05) is 6.92 Å². The summed E-state index contributed by atoms with van der Waals surface area (Å²) in [7, 11) is 1.74. The van der Waals surface area contributed by atoms with Crippen LogP contribution in [0.2, 0.25) is 0 Å². The summed E-state index contributed by atoms with van der Waals surface area (Å²) in [6.07, 6.45) is -2.63. The third-order valence-corrected chi connectivity index (χ3v) is 8.48. The van der Waals surface area contributed by atoms with E-state index in [0.29, 0.717) is 56.7 Å². The monoisotopic (exact) mass is 652 g/mol. The molecule has 0 radical (unpaired) electrons. The molecule has 2 saturated heterocycles. The fourth-order valence-corrected chi connectivity index (χ4v) is 5.99. The number of amides is 3. The molecule has 3 amide bonds. The number of nitrogens with zero attached hydrogens (tertiary/aromatic N) is 8. The molecule has 0 bridgehead atoms. The number of piperazine rings is 1. The maximum absolute atomic E-state index is 13.7. The van der Waals surface area contributed by atoms with E-state index in [1.54, 1.807) is 43.7 Å². The van der Waals surface area contributed by atoms with Crippen molar-refractivity contribution in [3.05, 3.63) is 59.7 Å². The van der Waals surface area contributed by atoms with Gasteiger partial charge in [-0.25, -0.2) is 14.8 Å². The van der Waals surface area contributed by atoms with Gasteiger partial charge in [0.2, 0.25) is 11.9 Å². The van der Waals surface area contributed by atoms with Gasteiger partial charge in [0.05, 0.1) is 23.4 Å². The molecular weight excluding hydrogens is 618 g/mol. The smallest absolute Gasteiger partial charge is 0.339 e. The van der Waals surface area contributed by atoms with Crippen molar-refractivity contribution in [3.63, 3.8) is 0 Å². The minimum absolute atomic E-state index is 0.0757. The molecule has 1 aromatic carbocycles. The number of rotatable bonds is 6. The summed E-state index contributed by atoms with van der Waals surface area (Å²) in [5.74, 6) is 0.0241. The standard InChI is InChI=1S/C30H34F6N8O2/c1-4-25-12-26(18-44(25)28(46)42-7-5-41(6-8-42)19(2)45)43(27-37-13-21(14-38-27)22-15-39-40(3)17-22)16-20-9-23(29(31,32)33)11-24(10-20)30(34,35)36/h9-11,13-15,17,25-26H,4-8,12,16,18H2,1-3H3/t25-,26+/m1/s1. The summed E-state index contributed by atoms with van der Waals surface area (Å²) < 4.78 is 83.8. The number of benzene rings is 1. The molecule has 248 valence electrons. The predicted octanol–water partition coefficient (Wildman–Crippen LogP) is 5.06. The predicted molar refractivity (Wildman–Crippen MR) is 155 cm³/mol. The number of carbonyl (C=O) groups excluding carboxylic acids is 2. The van der Waals surface area contributed by atoms with Crippen molar-refractivity contribution in [2.75, 3.05) is 37.6 Å². The SMILES string of the molecule is CC[C@@H]1C[C@H](N(Cc2cc(C(F)(F)F)cc(C(F)(F)F)c2)c2ncc(-c3cnn(C)c3)cn2)CN1C(=O)N1CCN(C(C)=O)CC1. The topological polar surface area (TPSA) is 90.7 Å². The number of aromatic nitrogens is 4. The quantitative estimate of drug-likeness (QED) is 0.346. The molecule has 4 heterocycles. The van der Waals surface area contributed by atoms with Crippen LogP contribution >= 0.6 is 0 Å². The van der Waals surface area contributed by atoms with Gasteiger partial charge in [0, 0.05) is 89.0 Å². The van der Waals surface area contributed by atoms with Crippen molar-refractivity contribution >= 4 is 17.9 Å². The Morgan fingerprint density at radius 3 is 1.98 bits per heavy atom. The summed E-state index contributed by atoms with van der Waals surface area (Å²) in [5.41, 5.74) is -1.70. The molecule has 10 nitrogen and oxygen atoms in total. The molecule has 0 unspecified atom stereocenters. The lowest BCUT2D eigenvalue weighted by molar-refractivity contribution is -0.143. The molecule has 0 aliphatic carbocycles. The van der Waals surface area contributed by atoms with Crippen LogP contribution < -0.4 is 4.90 Å². The molecule has 3 aromatic rings. The van der Waals surface area contributed by atoms with E-state index in [0.717, 1.165) is 5.56 Å². The highest BCUT2D eigenvalue weighted by molar-refractivity contribution is 5.77. The van der Waals surface area contributed by atoms with Gasteiger partial charge in [-0.15, -0.1) is 0 Å². The maximum Gasteiger partial charge on any atom is 0.416 e. The third kappa shape index (κ3) is 7.20. The van der Waals surface area contributed by atoms with E-state index in [4.69, 9.17) is 0 Å². The van der Waals surface area contributed by atoms with E-state index < -0.39 is 29.5 Å². The number of urea groups is 1. The van der Waals surface area contributed by atoms with E-state index >= 15 is 0 Å². The summed E-state index contributed by atoms with van der Waals surface area (Å²) in [6.45, 7) is 4.67. The van der Waals surface area contributed by atoms with Gasteiger partial charge in [-0.05, 0) is 36.6 Å². The Kier molecular flexibility index (Phi) is 9.18. The van der Waals surface area contributed by atoms with E-state index in [2.05, 4.69) is 15.1 Å². The van der Waals surface area contributed by atoms with Crippen LogP contribution in [0.4, 0.5) is 37.1 Å². The minimum atomic E-state index is -5.00. The first-order valence-corrected chi connectivity index (χ1v) is 14.8. The number of carbonyl (C=O) groups is 2. The van der Waals surface area contributed by atoms with Gasteiger partial charge in [-0.1, -0.05) is 6.92 Å². The molecule has 2 aliphatic heterocycles. The molecular formula is C30H34F6N8O2. The van der Waals surface area contributed by atoms with Gasteiger partial charge in [0.15, 0.2) is 0 Å². The van der Waals surface area contributed by atoms with Crippen molar-refractivity contribution in [1.29, 1.82) is 0 Å². The van der Waals surface area contributed by atoms with Crippen molar-refractivity contribution in [3.8, 4) is 11.1 Å². The first-order valence-electron chi connectivity index (χ1n) is 14.8. The molecule has 2 aromatic heterocycles. The van der Waals surface area contributed by atoms with Crippen LogP contribution in [0.3, 0.4) is 0 Å². The van der Waals surface area contributed by atoms with E-state index in [1.165, 1.54) is 19.3 Å². The largest absolute Gasteiger partial charge is 0.416 e. The summed E-state index contributed by atoms with van der Waals surface area (Å²) in [6, 6.07) is 0.519. The second-order valence-electron chi connectivity index (χ2n) is 11.6. The molecule has 2 atom stereocenters. The Labute approximate surface area is 261 Å². The summed E-state index contributed by atoms with van der Waals surface area (Å²) in [5, 5.41) is 4.13. The molecule has 0 N–H and O–H groups in total. The molecule has 2 aliphatic rings. The van der Waals surface area contributed by atoms with Crippen molar-refractivity contribution in [1.82, 2.24) is 34.4 Å². The number of hydrogen-bond acceptors (Lipinski definition) is 6. The normalized spacial score (nSPS) is 19.1. The number of hydrogen-bond donors (Lipinski definition) is 0. The lowest BCUT2D eigenvalue weighted by Gasteiger charge is -2.37. The molecule has 16 heteroatoms. The molecule has 0 spiro atoms. The Hall–Kier alpha value is -4.37. The number of anilines is 1. The van der Waals surface area contributed by atoms with Gasteiger partial charge in [0.1, 0.15) is 0 Å². The van der Waals surface area contributed by atoms with Gasteiger partial charge in [0.25, 0.3) is 0 Å². The lowest BCUT2D eigenvalue weighted by Crippen LogP contribution is -2.54. The first kappa shape index (κ1) is 33.0. The second-order valence-corrected chi connectivity index (χ2v) is 11.6. The Morgan fingerprint density at radius 2 is 1.48 bits per heavy atom. The number of halogens is 6. The van der Waals surface area contributed by atoms with Crippen LogP contribution in [0.15, 0.2) is 43.0 Å². The van der Waals surface area contributed by atoms with Crippen LogP contribution in [0, 0.1) is 0 Å². The fraction of sp³-hybridized carbons (Fsp3) is 0.500. The number of aryl methyl sites for hydroxylation is 1. The Bertz CT molecular complexity index is 1520. The van der Waals surface area contributed by atoms with Gasteiger partial charge >= 0.3 is 18.4 Å². The van der Waals surface area contributed by atoms with Crippen molar-refractivity contribution in [2.45, 2.75) is 57.7 Å². The van der Waals surface area contributed by atoms with Crippen LogP contribution in [0.5, 0.6) is 0 Å². The first-order chi connectivity index (χ1) is 21.6. The summed E-state index contributed by atoms with van der Waals surface area (Å²) >= 11 is 0. The van der Waals surface area contributed by atoms with E-state index in [-0.39, 0.29) is 48.6 Å². The van der Waals surface area contributed by atoms with Crippen molar-refractivity contribution < 1.29 is 35.9 Å². The highest BCUT2D eigenvalue weighted by Crippen LogP contribution is 2.37. The van der Waals surface area contributed by atoms with Gasteiger partial charge < -0.3 is 19.6 Å². The number of alkyl halides is 6. The van der Waals surface area contributed by atoms with Crippen LogP contribution in [0.1, 0.15) is 43.4 Å². The van der Waals surface area contributed by atoms with Crippen LogP contribution in [-0.4, -0.2) is 91.2 Å². The Balaban J connectivity index is 1.47. The highest BCUT2D eigenvalue weighted by atomic mass is 19.4. The summed E-state index contributed by atoms with van der Waals surface area (Å²) in [4.78, 5) is 40.9. The fourth-order valence-electron chi connectivity index (χ4n) is 5.99. The maximum atomic E-state index is 13.7. The third-order valence-electron chi connectivity index (χ3n) is 8.48. The van der Waals surface area contributed by atoms with Crippen molar-refractivity contribution in [2.24, 2.45) is 7.05 Å². The Morgan fingerprint density at radius 1 is 0.891 bits per heavy atom. The number of likely N-dealkylation sites (tertiary alicyclic amines) is 1. The average Bonchev–Trinajstić information content (AvgIpc) is 3.65. The lowest BCUT2D eigenvalue weighted by atomic mass is 10.0. The molecule has 46 heavy (non-hydrogen) atoms. The second kappa shape index (κ2) is 12.8. The highest BCUT2D eigenvalue weighted by Gasteiger charge is 2.41. The zero-order valence-electron chi connectivity index (χ0n) is 25.5. The average molecular weight is 653 g/mol.